The second-order valence-electron chi connectivity index (χ2n) is 5.11. The van der Waals surface area contributed by atoms with E-state index in [1.807, 2.05) is 19.9 Å². The Balaban J connectivity index is 2.12. The van der Waals surface area contributed by atoms with Gasteiger partial charge in [-0.1, -0.05) is 6.07 Å². The van der Waals surface area contributed by atoms with Gasteiger partial charge in [0.05, 0.1) is 12.1 Å². The molecule has 1 fully saturated rings. The van der Waals surface area contributed by atoms with Crippen molar-refractivity contribution in [3.05, 3.63) is 29.1 Å². The number of nitrogens with one attached hydrogen (secondary N) is 1. The molecular weight excluding hydrogens is 244 g/mol. The van der Waals surface area contributed by atoms with Crippen LogP contribution in [-0.2, 0) is 4.74 Å². The first-order valence-corrected chi connectivity index (χ1v) is 6.52. The Hall–Kier alpha value is -1.46. The minimum atomic E-state index is -0.452. The Morgan fingerprint density at radius 1 is 1.53 bits per heavy atom. The van der Waals surface area contributed by atoms with Crippen LogP contribution in [-0.4, -0.2) is 41.4 Å². The summed E-state index contributed by atoms with van der Waals surface area (Å²) in [5, 5.41) is 12.1. The second kappa shape index (κ2) is 5.67. The number of hydrogen-bond donors (Lipinski definition) is 2. The molecular formula is C14H20N2O3. The number of amides is 1. The highest BCUT2D eigenvalue weighted by atomic mass is 16.5. The standard InChI is InChI=1S/C14H20N2O3/c1-10-3-4-12(15-11(10)2)13(18)16-14(5-7-17)6-8-19-9-14/h3-4,17H,5-9H2,1-2H3,(H,16,18). The molecule has 5 heteroatoms. The van der Waals surface area contributed by atoms with Crippen LogP contribution >= 0.6 is 0 Å². The zero-order chi connectivity index (χ0) is 13.9. The Morgan fingerprint density at radius 3 is 2.89 bits per heavy atom. The van der Waals surface area contributed by atoms with Crippen molar-refractivity contribution in [1.82, 2.24) is 10.3 Å². The maximum absolute atomic E-state index is 12.2. The van der Waals surface area contributed by atoms with Crippen LogP contribution in [0, 0.1) is 13.8 Å². The lowest BCUT2D eigenvalue weighted by Crippen LogP contribution is -2.50. The van der Waals surface area contributed by atoms with E-state index in [2.05, 4.69) is 10.3 Å². The second-order valence-corrected chi connectivity index (χ2v) is 5.11. The molecule has 2 N–H and O–H groups in total. The van der Waals surface area contributed by atoms with Gasteiger partial charge in [0.2, 0.25) is 0 Å². The van der Waals surface area contributed by atoms with Gasteiger partial charge in [-0.2, -0.15) is 0 Å². The fraction of sp³-hybridized carbons (Fsp3) is 0.571. The molecule has 1 amide bonds. The van der Waals surface area contributed by atoms with Crippen LogP contribution in [0.5, 0.6) is 0 Å². The van der Waals surface area contributed by atoms with Crippen LogP contribution in [0.4, 0.5) is 0 Å². The number of carbonyl (C=O) groups excluding carboxylic acids is 1. The average Bonchev–Trinajstić information content (AvgIpc) is 2.81. The molecule has 0 bridgehead atoms. The van der Waals surface area contributed by atoms with Crippen molar-refractivity contribution in [1.29, 1.82) is 0 Å². The van der Waals surface area contributed by atoms with Crippen molar-refractivity contribution in [2.75, 3.05) is 19.8 Å². The highest BCUT2D eigenvalue weighted by molar-refractivity contribution is 5.92. The van der Waals surface area contributed by atoms with Crippen molar-refractivity contribution in [3.8, 4) is 0 Å². The molecule has 1 aromatic heterocycles. The van der Waals surface area contributed by atoms with Crippen molar-refractivity contribution in [3.63, 3.8) is 0 Å². The summed E-state index contributed by atoms with van der Waals surface area (Å²) in [6, 6.07) is 3.61. The quantitative estimate of drug-likeness (QED) is 0.850. The minimum Gasteiger partial charge on any atom is -0.396 e. The van der Waals surface area contributed by atoms with Gasteiger partial charge in [0.25, 0.3) is 5.91 Å². The zero-order valence-electron chi connectivity index (χ0n) is 11.4. The van der Waals surface area contributed by atoms with Gasteiger partial charge in [-0.3, -0.25) is 4.79 Å². The molecule has 0 spiro atoms. The van der Waals surface area contributed by atoms with E-state index >= 15 is 0 Å². The van der Waals surface area contributed by atoms with Gasteiger partial charge in [-0.15, -0.1) is 0 Å². The number of aromatic nitrogens is 1. The van der Waals surface area contributed by atoms with Crippen molar-refractivity contribution in [2.45, 2.75) is 32.2 Å². The highest BCUT2D eigenvalue weighted by Crippen LogP contribution is 2.22. The van der Waals surface area contributed by atoms with Gasteiger partial charge in [-0.05, 0) is 38.3 Å². The van der Waals surface area contributed by atoms with E-state index in [1.54, 1.807) is 6.07 Å². The third-order valence-corrected chi connectivity index (χ3v) is 3.66. The maximum Gasteiger partial charge on any atom is 0.270 e. The Kier molecular flexibility index (Phi) is 4.17. The number of hydrogen-bond acceptors (Lipinski definition) is 4. The first-order valence-electron chi connectivity index (χ1n) is 6.52. The van der Waals surface area contributed by atoms with E-state index in [0.717, 1.165) is 17.7 Å². The van der Waals surface area contributed by atoms with Crippen molar-refractivity contribution < 1.29 is 14.6 Å². The number of ether oxygens (including phenoxy) is 1. The monoisotopic (exact) mass is 264 g/mol. The summed E-state index contributed by atoms with van der Waals surface area (Å²) in [6.07, 6.45) is 1.23. The van der Waals surface area contributed by atoms with Crippen LogP contribution in [0.1, 0.15) is 34.6 Å². The van der Waals surface area contributed by atoms with Crippen LogP contribution in [0.3, 0.4) is 0 Å². The van der Waals surface area contributed by atoms with Crippen molar-refractivity contribution in [2.24, 2.45) is 0 Å². The van der Waals surface area contributed by atoms with Gasteiger partial charge in [0.15, 0.2) is 0 Å². The van der Waals surface area contributed by atoms with Crippen LogP contribution in [0.25, 0.3) is 0 Å². The molecule has 5 nitrogen and oxygen atoms in total. The predicted octanol–water partition coefficient (Wildman–Crippen LogP) is 0.970. The Morgan fingerprint density at radius 2 is 2.32 bits per heavy atom. The van der Waals surface area contributed by atoms with E-state index in [-0.39, 0.29) is 12.5 Å². The minimum absolute atomic E-state index is 0.0317. The first-order chi connectivity index (χ1) is 9.06. The van der Waals surface area contributed by atoms with Gasteiger partial charge in [0.1, 0.15) is 5.69 Å². The fourth-order valence-electron chi connectivity index (χ4n) is 2.24. The number of nitrogens with zero attached hydrogens (tertiary/aromatic N) is 1. The summed E-state index contributed by atoms with van der Waals surface area (Å²) in [4.78, 5) is 16.5. The van der Waals surface area contributed by atoms with E-state index < -0.39 is 5.54 Å². The van der Waals surface area contributed by atoms with Gasteiger partial charge < -0.3 is 15.2 Å². The molecule has 2 rings (SSSR count). The summed E-state index contributed by atoms with van der Waals surface area (Å²) in [5.41, 5.74) is 1.87. The lowest BCUT2D eigenvalue weighted by molar-refractivity contribution is 0.0845. The van der Waals surface area contributed by atoms with Crippen molar-refractivity contribution >= 4 is 5.91 Å². The van der Waals surface area contributed by atoms with Gasteiger partial charge in [0, 0.05) is 18.9 Å². The van der Waals surface area contributed by atoms with Crippen LogP contribution in [0.2, 0.25) is 0 Å². The molecule has 19 heavy (non-hydrogen) atoms. The Bertz CT molecular complexity index is 468. The topological polar surface area (TPSA) is 71.5 Å². The molecule has 1 unspecified atom stereocenters. The number of pyridine rings is 1. The molecule has 1 atom stereocenters. The summed E-state index contributed by atoms with van der Waals surface area (Å²) in [7, 11) is 0. The number of rotatable bonds is 4. The lowest BCUT2D eigenvalue weighted by Gasteiger charge is -2.27. The van der Waals surface area contributed by atoms with E-state index in [9.17, 15) is 4.79 Å². The first kappa shape index (κ1) is 14.0. The van der Waals surface area contributed by atoms with Crippen LogP contribution in [0.15, 0.2) is 12.1 Å². The molecule has 2 heterocycles. The summed E-state index contributed by atoms with van der Waals surface area (Å²) in [5.74, 6) is -0.206. The lowest BCUT2D eigenvalue weighted by atomic mass is 9.94. The molecule has 1 aliphatic rings. The largest absolute Gasteiger partial charge is 0.396 e. The fourth-order valence-corrected chi connectivity index (χ4v) is 2.24. The van der Waals surface area contributed by atoms with Crippen LogP contribution < -0.4 is 5.32 Å². The molecule has 1 saturated heterocycles. The smallest absolute Gasteiger partial charge is 0.270 e. The summed E-state index contributed by atoms with van der Waals surface area (Å²) < 4.78 is 5.35. The molecule has 0 radical (unpaired) electrons. The molecule has 1 aliphatic heterocycles. The molecule has 0 saturated carbocycles. The number of aliphatic hydroxyl groups excluding tert-OH is 1. The average molecular weight is 264 g/mol. The maximum atomic E-state index is 12.2. The number of aryl methyl sites for hydroxylation is 2. The van der Waals surface area contributed by atoms with E-state index in [0.29, 0.717) is 25.3 Å². The number of carbonyl (C=O) groups is 1. The molecule has 0 aromatic carbocycles. The SMILES string of the molecule is Cc1ccc(C(=O)NC2(CCO)CCOC2)nc1C. The van der Waals surface area contributed by atoms with Gasteiger partial charge >= 0.3 is 0 Å². The normalized spacial score (nSPS) is 22.5. The molecule has 0 aliphatic carbocycles. The summed E-state index contributed by atoms with van der Waals surface area (Å²) in [6.45, 7) is 4.94. The highest BCUT2D eigenvalue weighted by Gasteiger charge is 2.36. The molecule has 104 valence electrons. The zero-order valence-corrected chi connectivity index (χ0v) is 11.4. The predicted molar refractivity (Wildman–Crippen MR) is 71.0 cm³/mol. The third-order valence-electron chi connectivity index (χ3n) is 3.66. The van der Waals surface area contributed by atoms with E-state index in [1.165, 1.54) is 0 Å². The Labute approximate surface area is 113 Å². The third kappa shape index (κ3) is 3.11. The van der Waals surface area contributed by atoms with Gasteiger partial charge in [-0.25, -0.2) is 4.98 Å². The molecule has 1 aromatic rings. The summed E-state index contributed by atoms with van der Waals surface area (Å²) >= 11 is 0. The van der Waals surface area contributed by atoms with E-state index in [4.69, 9.17) is 9.84 Å². The number of aliphatic hydroxyl groups is 1.